The lowest BCUT2D eigenvalue weighted by atomic mass is 10.0. The Morgan fingerprint density at radius 1 is 0.675 bits per heavy atom. The van der Waals surface area contributed by atoms with E-state index in [2.05, 4.69) is 29.8 Å². The van der Waals surface area contributed by atoms with Crippen LogP contribution in [0.1, 0.15) is 255 Å². The van der Waals surface area contributed by atoms with Gasteiger partial charge in [-0.15, -0.1) is 0 Å². The van der Waals surface area contributed by atoms with Crippen molar-refractivity contribution in [1.82, 2.24) is 20.9 Å². The Balaban J connectivity index is 1.29. The number of nitrogens with two attached hydrogens (primary N) is 1. The third kappa shape index (κ3) is 25.8. The Bertz CT molecular complexity index is 2110. The number of halogens is 2. The van der Waals surface area contributed by atoms with Crippen LogP contribution in [0.2, 0.25) is 0 Å². The zero-order chi connectivity index (χ0) is 57.7. The topological polar surface area (TPSA) is 186 Å². The molecule has 2 saturated heterocycles. The van der Waals surface area contributed by atoms with E-state index in [4.69, 9.17) is 14.8 Å². The molecule has 2 aliphatic rings. The van der Waals surface area contributed by atoms with Crippen LogP contribution in [-0.2, 0) is 49.8 Å². The minimum atomic E-state index is -4.96. The van der Waals surface area contributed by atoms with Crippen molar-refractivity contribution in [2.24, 2.45) is 5.73 Å². The highest BCUT2D eigenvalue weighted by Crippen LogP contribution is 2.67. The third-order valence-corrected chi connectivity index (χ3v) is 17.9. The van der Waals surface area contributed by atoms with Crippen molar-refractivity contribution >= 4 is 43.2 Å². The van der Waals surface area contributed by atoms with Crippen molar-refractivity contribution in [1.29, 1.82) is 0 Å². The Labute approximate surface area is 479 Å². The molecule has 0 radical (unpaired) electrons. The minimum Gasteiger partial charge on any atom is -0.370 e. The highest BCUT2D eigenvalue weighted by Gasteiger charge is 2.55. The van der Waals surface area contributed by atoms with Gasteiger partial charge in [-0.25, -0.2) is 0 Å². The van der Waals surface area contributed by atoms with Crippen LogP contribution in [0.4, 0.5) is 8.78 Å². The van der Waals surface area contributed by atoms with Crippen molar-refractivity contribution in [2.45, 2.75) is 275 Å². The van der Waals surface area contributed by atoms with Crippen LogP contribution in [0.25, 0.3) is 6.08 Å². The van der Waals surface area contributed by atoms with Crippen molar-refractivity contribution in [3.05, 3.63) is 77.4 Å². The molecule has 13 nitrogen and oxygen atoms in total. The molecule has 0 spiro atoms. The maximum absolute atomic E-state index is 16.5. The largest absolute Gasteiger partial charge is 0.404 e. The van der Waals surface area contributed by atoms with E-state index in [1.165, 1.54) is 157 Å². The number of carbonyl (C=O) groups is 5. The molecule has 5 N–H and O–H groups in total. The summed E-state index contributed by atoms with van der Waals surface area (Å²) in [5, 5.41) is 8.36. The van der Waals surface area contributed by atoms with Crippen molar-refractivity contribution in [2.75, 3.05) is 13.2 Å². The van der Waals surface area contributed by atoms with Crippen LogP contribution < -0.4 is 21.7 Å². The lowest BCUT2D eigenvalue weighted by Crippen LogP contribution is -2.57. The van der Waals surface area contributed by atoms with Crippen LogP contribution in [0, 0.1) is 0 Å². The zero-order valence-electron chi connectivity index (χ0n) is 49.0. The molecule has 0 bridgehead atoms. The number of carbonyl (C=O) groups excluding carboxylic acids is 5. The smallest absolute Gasteiger partial charge is 0.370 e. The van der Waals surface area contributed by atoms with E-state index in [-0.39, 0.29) is 38.6 Å². The first-order valence-electron chi connectivity index (χ1n) is 31.4. The van der Waals surface area contributed by atoms with Crippen LogP contribution in [0.3, 0.4) is 0 Å². The van der Waals surface area contributed by atoms with Crippen molar-refractivity contribution in [3.63, 3.8) is 0 Å². The molecule has 2 aromatic carbocycles. The lowest BCUT2D eigenvalue weighted by molar-refractivity contribution is -0.143. The fourth-order valence-electron chi connectivity index (χ4n) is 11.0. The standard InChI is InChI=1S/C64H102F2N5O8P/c1-3-5-7-9-11-13-15-17-19-21-23-25-27-32-49-78-80(77,79-50-33-28-26-24-22-20-18-16-14-12-10-8-6-4-2)64(65,66)54-42-39-52(40-43-54)41-48-60(73)69-57-38-34-37-55-44-46-58(71(55)63(57)76)62(75)70-56(45-47-59(67)72)61(74)68-51-53-35-30-29-31-36-53/h29-31,35-36,39-43,48,55-58H,3-28,32-34,37-38,44-47,49-51H2,1-2H3,(H2,67,72)(H,68,74)(H,69,73)(H,70,75)/b48-41+/t55-,56?,57-,58-/m0/s1. The van der Waals surface area contributed by atoms with Gasteiger partial charge in [0.25, 0.3) is 0 Å². The molecular formula is C64H102F2N5O8P. The second kappa shape index (κ2) is 39.9. The minimum absolute atomic E-state index is 0.0230. The number of hydrogen-bond donors (Lipinski definition) is 4. The summed E-state index contributed by atoms with van der Waals surface area (Å²) >= 11 is 0. The highest BCUT2D eigenvalue weighted by molar-refractivity contribution is 7.54. The SMILES string of the molecule is CCCCCCCCCCCCCCCCOP(=O)(OCCCCCCCCCCCCCCCC)C(F)(F)c1ccc(/C=C/C(=O)N[C@H]2CCC[C@H]3CC[C@@H](C(=O)NC(CCC(N)=O)C(=O)NCc4ccccc4)N3C2=O)cc1. The summed E-state index contributed by atoms with van der Waals surface area (Å²) in [6, 6.07) is 11.3. The third-order valence-electron chi connectivity index (χ3n) is 15.9. The fraction of sp³-hybridized carbons (Fsp3) is 0.703. The van der Waals surface area contributed by atoms with E-state index in [9.17, 15) is 28.5 Å². The average molecular weight is 1140 g/mol. The summed E-state index contributed by atoms with van der Waals surface area (Å²) in [7, 11) is -4.96. The van der Waals surface area contributed by atoms with E-state index >= 15 is 8.78 Å². The number of benzene rings is 2. The van der Waals surface area contributed by atoms with Gasteiger partial charge in [0, 0.05) is 30.6 Å². The molecule has 0 saturated carbocycles. The van der Waals surface area contributed by atoms with Gasteiger partial charge in [-0.05, 0) is 68.6 Å². The summed E-state index contributed by atoms with van der Waals surface area (Å²) in [5.41, 5.74) is 2.23. The van der Waals surface area contributed by atoms with Gasteiger partial charge in [-0.1, -0.05) is 235 Å². The first-order chi connectivity index (χ1) is 38.8. The summed E-state index contributed by atoms with van der Waals surface area (Å²) in [5.74, 6) is -2.64. The molecule has 0 aliphatic carbocycles. The van der Waals surface area contributed by atoms with Crippen LogP contribution in [0.15, 0.2) is 60.7 Å². The van der Waals surface area contributed by atoms with Gasteiger partial charge in [0.1, 0.15) is 18.1 Å². The normalized spacial score (nSPS) is 17.1. The Morgan fingerprint density at radius 2 is 1.16 bits per heavy atom. The van der Waals surface area contributed by atoms with E-state index in [1.807, 2.05) is 30.3 Å². The molecule has 2 aromatic rings. The molecule has 16 heteroatoms. The summed E-state index contributed by atoms with van der Waals surface area (Å²) < 4.78 is 58.4. The molecule has 0 aromatic heterocycles. The number of amides is 5. The molecule has 2 aliphatic heterocycles. The summed E-state index contributed by atoms with van der Waals surface area (Å²) in [4.78, 5) is 67.8. The monoisotopic (exact) mass is 1140 g/mol. The maximum Gasteiger partial charge on any atom is 0.404 e. The lowest BCUT2D eigenvalue weighted by Gasteiger charge is -2.31. The molecule has 1 unspecified atom stereocenters. The molecule has 80 heavy (non-hydrogen) atoms. The average Bonchev–Trinajstić information content (AvgIpc) is 3.95. The predicted molar refractivity (Wildman–Crippen MR) is 318 cm³/mol. The predicted octanol–water partition coefficient (Wildman–Crippen LogP) is 15.0. The van der Waals surface area contributed by atoms with Gasteiger partial charge in [-0.2, -0.15) is 8.78 Å². The number of rotatable bonds is 45. The zero-order valence-corrected chi connectivity index (χ0v) is 49.9. The second-order valence-electron chi connectivity index (χ2n) is 22.6. The molecular weight excluding hydrogens is 1040 g/mol. The molecule has 2 heterocycles. The van der Waals surface area contributed by atoms with Gasteiger partial charge in [0.05, 0.1) is 13.2 Å². The Hall–Kier alpha value is -4.46. The molecule has 450 valence electrons. The number of nitrogens with one attached hydrogen (secondary N) is 3. The number of hydrogen-bond acceptors (Lipinski definition) is 8. The number of fused-ring (bicyclic) bond motifs is 1. The number of alkyl halides is 2. The van der Waals surface area contributed by atoms with Crippen LogP contribution in [-0.4, -0.2) is 71.8 Å². The first-order valence-corrected chi connectivity index (χ1v) is 32.9. The van der Waals surface area contributed by atoms with E-state index < -0.39 is 66.5 Å². The number of nitrogens with zero attached hydrogens (tertiary/aromatic N) is 1. The molecule has 4 atom stereocenters. The van der Waals surface area contributed by atoms with Crippen molar-refractivity contribution in [3.8, 4) is 0 Å². The van der Waals surface area contributed by atoms with Gasteiger partial charge in [0.2, 0.25) is 29.5 Å². The molecule has 4 rings (SSSR count). The summed E-state index contributed by atoms with van der Waals surface area (Å²) in [6.07, 6.45) is 37.2. The second-order valence-corrected chi connectivity index (χ2v) is 24.7. The Kier molecular flexibility index (Phi) is 33.9. The quantitative estimate of drug-likeness (QED) is 0.0287. The van der Waals surface area contributed by atoms with Gasteiger partial charge >= 0.3 is 13.3 Å². The van der Waals surface area contributed by atoms with Gasteiger partial charge in [-0.3, -0.25) is 28.5 Å². The van der Waals surface area contributed by atoms with Crippen molar-refractivity contribution < 1.29 is 46.4 Å². The van der Waals surface area contributed by atoms with E-state index in [0.29, 0.717) is 50.5 Å². The first kappa shape index (κ1) is 68.0. The highest BCUT2D eigenvalue weighted by atomic mass is 31.2. The summed E-state index contributed by atoms with van der Waals surface area (Å²) in [6.45, 7) is 4.50. The van der Waals surface area contributed by atoms with Crippen LogP contribution in [0.5, 0.6) is 0 Å². The number of unbranched alkanes of at least 4 members (excludes halogenated alkanes) is 26. The molecule has 5 amide bonds. The van der Waals surface area contributed by atoms with E-state index in [0.717, 1.165) is 56.9 Å². The molecule has 2 fully saturated rings. The Morgan fingerprint density at radius 3 is 1.65 bits per heavy atom. The number of primary amides is 1. The van der Waals surface area contributed by atoms with Gasteiger partial charge < -0.3 is 35.6 Å². The van der Waals surface area contributed by atoms with Gasteiger partial charge in [0.15, 0.2) is 0 Å². The van der Waals surface area contributed by atoms with E-state index in [1.54, 1.807) is 0 Å². The maximum atomic E-state index is 16.5. The van der Waals surface area contributed by atoms with Crippen LogP contribution >= 0.6 is 7.60 Å². The fourth-order valence-corrected chi connectivity index (χ4v) is 12.6.